The number of aromatic nitrogens is 3. The first-order chi connectivity index (χ1) is 15.5. The van der Waals surface area contributed by atoms with Crippen molar-refractivity contribution in [2.75, 3.05) is 18.6 Å². The molecule has 0 bridgehead atoms. The second-order valence-corrected chi connectivity index (χ2v) is 9.36. The van der Waals surface area contributed by atoms with Crippen LogP contribution < -0.4 is 9.64 Å². The van der Waals surface area contributed by atoms with Gasteiger partial charge in [-0.1, -0.05) is 35.1 Å². The predicted octanol–water partition coefficient (Wildman–Crippen LogP) is 5.48. The standard InChI is InChI=1S/C24H23ClN4O2S/c1-14-9-16(19-11-22(25)26-13-20(19)31-2)7-8-29(14)24-28-23-21(32-24)10-17(12-27-23)15-3-5-18(30)6-4-15/h3,7,9-13,18,30H,4-6,8H2,1-2H3. The van der Waals surface area contributed by atoms with Crippen LogP contribution in [0.5, 0.6) is 5.75 Å². The lowest BCUT2D eigenvalue weighted by Crippen LogP contribution is -2.23. The van der Waals surface area contributed by atoms with Crippen LogP contribution in [0, 0.1) is 0 Å². The quantitative estimate of drug-likeness (QED) is 0.513. The Bertz CT molecular complexity index is 1280. The van der Waals surface area contributed by atoms with E-state index in [9.17, 15) is 5.11 Å². The van der Waals surface area contributed by atoms with Crippen molar-refractivity contribution in [3.8, 4) is 5.75 Å². The van der Waals surface area contributed by atoms with E-state index in [1.54, 1.807) is 24.6 Å². The fraction of sp³-hybridized carbons (Fsp3) is 0.292. The second kappa shape index (κ2) is 8.65. The zero-order valence-electron chi connectivity index (χ0n) is 17.9. The number of halogens is 1. The highest BCUT2D eigenvalue weighted by Crippen LogP contribution is 2.37. The molecule has 0 spiro atoms. The number of rotatable bonds is 4. The van der Waals surface area contributed by atoms with E-state index in [0.29, 0.717) is 23.9 Å². The Hall–Kier alpha value is -2.74. The maximum absolute atomic E-state index is 9.75. The van der Waals surface area contributed by atoms with E-state index in [0.717, 1.165) is 50.7 Å². The van der Waals surface area contributed by atoms with Crippen molar-refractivity contribution in [2.24, 2.45) is 0 Å². The Labute approximate surface area is 195 Å². The molecule has 4 heterocycles. The number of fused-ring (bicyclic) bond motifs is 1. The Balaban J connectivity index is 1.42. The fourth-order valence-corrected chi connectivity index (χ4v) is 5.29. The lowest BCUT2D eigenvalue weighted by molar-refractivity contribution is 0.166. The summed E-state index contributed by atoms with van der Waals surface area (Å²) in [6.45, 7) is 2.77. The second-order valence-electron chi connectivity index (χ2n) is 7.96. The summed E-state index contributed by atoms with van der Waals surface area (Å²) in [5.41, 5.74) is 6.19. The molecule has 1 aliphatic heterocycles. The van der Waals surface area contributed by atoms with Crippen molar-refractivity contribution < 1.29 is 9.84 Å². The molecule has 1 N–H and O–H groups in total. The summed E-state index contributed by atoms with van der Waals surface area (Å²) in [6, 6.07) is 3.99. The summed E-state index contributed by atoms with van der Waals surface area (Å²) in [7, 11) is 1.63. The van der Waals surface area contributed by atoms with Gasteiger partial charge in [0.15, 0.2) is 10.8 Å². The zero-order chi connectivity index (χ0) is 22.2. The molecule has 1 atom stereocenters. The highest BCUT2D eigenvalue weighted by atomic mass is 35.5. The zero-order valence-corrected chi connectivity index (χ0v) is 19.5. The van der Waals surface area contributed by atoms with Gasteiger partial charge in [0.1, 0.15) is 10.9 Å². The first kappa shape index (κ1) is 21.1. The summed E-state index contributed by atoms with van der Waals surface area (Å²) in [5.74, 6) is 0.694. The van der Waals surface area contributed by atoms with Gasteiger partial charge in [0.25, 0.3) is 0 Å². The van der Waals surface area contributed by atoms with Crippen molar-refractivity contribution in [1.29, 1.82) is 0 Å². The molecule has 8 heteroatoms. The monoisotopic (exact) mass is 466 g/mol. The van der Waals surface area contributed by atoms with E-state index < -0.39 is 0 Å². The molecule has 32 heavy (non-hydrogen) atoms. The number of aliphatic hydroxyl groups excluding tert-OH is 1. The van der Waals surface area contributed by atoms with Gasteiger partial charge in [-0.3, -0.25) is 0 Å². The number of anilines is 1. The third kappa shape index (κ3) is 4.03. The highest BCUT2D eigenvalue weighted by molar-refractivity contribution is 7.22. The summed E-state index contributed by atoms with van der Waals surface area (Å²) in [4.78, 5) is 15.7. The molecule has 0 radical (unpaired) electrons. The van der Waals surface area contributed by atoms with Crippen LogP contribution >= 0.6 is 22.9 Å². The normalized spacial score (nSPS) is 18.9. The van der Waals surface area contributed by atoms with Gasteiger partial charge in [0, 0.05) is 24.0 Å². The van der Waals surface area contributed by atoms with E-state index in [1.807, 2.05) is 12.3 Å². The largest absolute Gasteiger partial charge is 0.494 e. The molecule has 1 unspecified atom stereocenters. The Morgan fingerprint density at radius 2 is 2.09 bits per heavy atom. The number of methoxy groups -OCH3 is 1. The molecule has 5 rings (SSSR count). The number of hydrogen-bond acceptors (Lipinski definition) is 7. The van der Waals surface area contributed by atoms with Crippen LogP contribution in [0.15, 0.2) is 48.5 Å². The minimum absolute atomic E-state index is 0.222. The van der Waals surface area contributed by atoms with Crippen LogP contribution in [-0.4, -0.2) is 39.8 Å². The summed E-state index contributed by atoms with van der Waals surface area (Å²) < 4.78 is 6.53. The predicted molar refractivity (Wildman–Crippen MR) is 130 cm³/mol. The molecular formula is C24H23ClN4O2S. The molecule has 0 aromatic carbocycles. The summed E-state index contributed by atoms with van der Waals surface area (Å²) in [6.07, 6.45) is 12.1. The number of hydrogen-bond donors (Lipinski definition) is 1. The van der Waals surface area contributed by atoms with Gasteiger partial charge in [0.05, 0.1) is 24.1 Å². The lowest BCUT2D eigenvalue weighted by Gasteiger charge is -2.25. The van der Waals surface area contributed by atoms with E-state index in [1.165, 1.54) is 5.57 Å². The molecule has 0 amide bonds. The number of allylic oxidation sites excluding steroid dienone is 4. The number of nitrogens with zero attached hydrogens (tertiary/aromatic N) is 4. The Morgan fingerprint density at radius 1 is 1.22 bits per heavy atom. The molecule has 0 saturated heterocycles. The van der Waals surface area contributed by atoms with Crippen LogP contribution in [0.3, 0.4) is 0 Å². The van der Waals surface area contributed by atoms with Gasteiger partial charge < -0.3 is 14.7 Å². The third-order valence-electron chi connectivity index (χ3n) is 5.87. The molecule has 2 aliphatic rings. The molecular weight excluding hydrogens is 444 g/mol. The van der Waals surface area contributed by atoms with Crippen LogP contribution in [-0.2, 0) is 0 Å². The molecule has 1 aliphatic carbocycles. The first-order valence-electron chi connectivity index (χ1n) is 10.5. The Kier molecular flexibility index (Phi) is 5.71. The molecule has 3 aromatic heterocycles. The van der Waals surface area contributed by atoms with Gasteiger partial charge in [0.2, 0.25) is 0 Å². The molecule has 164 valence electrons. The lowest BCUT2D eigenvalue weighted by atomic mass is 9.93. The number of aliphatic hydroxyl groups is 1. The fourth-order valence-electron chi connectivity index (χ4n) is 4.10. The maximum atomic E-state index is 9.75. The van der Waals surface area contributed by atoms with E-state index >= 15 is 0 Å². The molecule has 0 saturated carbocycles. The van der Waals surface area contributed by atoms with Crippen LogP contribution in [0.25, 0.3) is 21.5 Å². The number of ether oxygens (including phenoxy) is 1. The van der Waals surface area contributed by atoms with Crippen molar-refractivity contribution in [3.63, 3.8) is 0 Å². The maximum Gasteiger partial charge on any atom is 0.192 e. The average molecular weight is 467 g/mol. The van der Waals surface area contributed by atoms with Crippen LogP contribution in [0.1, 0.15) is 37.3 Å². The van der Waals surface area contributed by atoms with Gasteiger partial charge >= 0.3 is 0 Å². The first-order valence-corrected chi connectivity index (χ1v) is 11.7. The molecule has 6 nitrogen and oxygen atoms in total. The number of thiazole rings is 1. The van der Waals surface area contributed by atoms with Crippen LogP contribution in [0.2, 0.25) is 5.15 Å². The topological polar surface area (TPSA) is 71.4 Å². The van der Waals surface area contributed by atoms with E-state index in [-0.39, 0.29) is 6.10 Å². The van der Waals surface area contributed by atoms with Gasteiger partial charge in [-0.25, -0.2) is 9.97 Å². The van der Waals surface area contributed by atoms with Gasteiger partial charge in [-0.05, 0) is 61.1 Å². The van der Waals surface area contributed by atoms with Crippen LogP contribution in [0.4, 0.5) is 5.13 Å². The summed E-state index contributed by atoms with van der Waals surface area (Å²) in [5, 5.41) is 11.1. The minimum atomic E-state index is -0.222. The average Bonchev–Trinajstić information content (AvgIpc) is 3.22. The van der Waals surface area contributed by atoms with Crippen molar-refractivity contribution in [2.45, 2.75) is 32.3 Å². The number of pyridine rings is 2. The summed E-state index contributed by atoms with van der Waals surface area (Å²) >= 11 is 7.76. The van der Waals surface area contributed by atoms with E-state index in [4.69, 9.17) is 21.3 Å². The van der Waals surface area contributed by atoms with Crippen molar-refractivity contribution >= 4 is 49.6 Å². The molecule has 0 fully saturated rings. The third-order valence-corrected chi connectivity index (χ3v) is 7.09. The SMILES string of the molecule is COc1cnc(Cl)cc1C1=CCN(c2nc3ncc(C4=CCC(O)CC4)cc3s2)C(C)=C1. The van der Waals surface area contributed by atoms with Gasteiger partial charge in [-0.15, -0.1) is 0 Å². The highest BCUT2D eigenvalue weighted by Gasteiger charge is 2.20. The minimum Gasteiger partial charge on any atom is -0.494 e. The van der Waals surface area contributed by atoms with Crippen molar-refractivity contribution in [3.05, 3.63) is 64.7 Å². The smallest absolute Gasteiger partial charge is 0.192 e. The van der Waals surface area contributed by atoms with Crippen molar-refractivity contribution in [1.82, 2.24) is 15.0 Å². The van der Waals surface area contributed by atoms with Gasteiger partial charge in [-0.2, -0.15) is 4.98 Å². The molecule has 3 aromatic rings. The van der Waals surface area contributed by atoms with E-state index in [2.05, 4.69) is 46.1 Å². The Morgan fingerprint density at radius 3 is 2.84 bits per heavy atom.